The van der Waals surface area contributed by atoms with Crippen LogP contribution in [0.1, 0.15) is 5.82 Å². The highest BCUT2D eigenvalue weighted by Crippen LogP contribution is 1.84. The maximum absolute atomic E-state index is 8.93. The van der Waals surface area contributed by atoms with Crippen molar-refractivity contribution in [1.29, 1.82) is 0 Å². The first kappa shape index (κ1) is 9.11. The van der Waals surface area contributed by atoms with Crippen molar-refractivity contribution < 1.29 is 10.2 Å². The molecule has 0 spiro atoms. The highest BCUT2D eigenvalue weighted by atomic mass is 16.3. The molecular formula is C6H12N4O2. The van der Waals surface area contributed by atoms with Crippen LogP contribution in [0.2, 0.25) is 0 Å². The van der Waals surface area contributed by atoms with Crippen molar-refractivity contribution >= 4 is 0 Å². The zero-order valence-corrected chi connectivity index (χ0v) is 6.56. The Bertz CT molecular complexity index is 201. The van der Waals surface area contributed by atoms with Gasteiger partial charge in [0, 0.05) is 6.54 Å². The summed E-state index contributed by atoms with van der Waals surface area (Å²) >= 11 is 0. The molecule has 1 atom stereocenters. The van der Waals surface area contributed by atoms with Crippen molar-refractivity contribution in [1.82, 2.24) is 20.5 Å². The molecule has 6 heteroatoms. The first-order chi connectivity index (χ1) is 5.83. The lowest BCUT2D eigenvalue weighted by atomic mass is 10.4. The van der Waals surface area contributed by atoms with Gasteiger partial charge in [0.1, 0.15) is 12.2 Å². The summed E-state index contributed by atoms with van der Waals surface area (Å²) in [6.07, 6.45) is 0.771. The zero-order valence-electron chi connectivity index (χ0n) is 6.56. The molecule has 0 saturated carbocycles. The van der Waals surface area contributed by atoms with E-state index < -0.39 is 6.10 Å². The fraction of sp³-hybridized carbons (Fsp3) is 0.667. The van der Waals surface area contributed by atoms with E-state index in [0.717, 1.165) is 0 Å². The molecule has 0 radical (unpaired) electrons. The molecule has 1 unspecified atom stereocenters. The van der Waals surface area contributed by atoms with Crippen LogP contribution >= 0.6 is 0 Å². The lowest BCUT2D eigenvalue weighted by molar-refractivity contribution is 0.0941. The molecular weight excluding hydrogens is 160 g/mol. The Morgan fingerprint density at radius 3 is 3.08 bits per heavy atom. The van der Waals surface area contributed by atoms with Crippen LogP contribution in [0, 0.1) is 0 Å². The molecule has 0 aromatic carbocycles. The normalized spacial score (nSPS) is 13.2. The molecule has 0 bridgehead atoms. The molecule has 4 N–H and O–H groups in total. The molecule has 1 rings (SSSR count). The Morgan fingerprint density at radius 1 is 1.67 bits per heavy atom. The van der Waals surface area contributed by atoms with Crippen LogP contribution < -0.4 is 5.32 Å². The molecule has 0 aliphatic heterocycles. The van der Waals surface area contributed by atoms with Gasteiger partial charge in [0.15, 0.2) is 0 Å². The summed E-state index contributed by atoms with van der Waals surface area (Å²) in [5.41, 5.74) is 0. The molecule has 0 saturated heterocycles. The largest absolute Gasteiger partial charge is 0.394 e. The zero-order chi connectivity index (χ0) is 8.81. The lowest BCUT2D eigenvalue weighted by Gasteiger charge is -2.06. The minimum atomic E-state index is -0.715. The quantitative estimate of drug-likeness (QED) is 0.422. The number of aliphatic hydroxyl groups is 2. The molecule has 0 fully saturated rings. The molecule has 0 amide bonds. The molecule has 12 heavy (non-hydrogen) atoms. The standard InChI is InChI=1S/C6H12N4O2/c11-3-5(12)1-7-2-6-8-4-9-10-6/h4-5,7,11-12H,1-3H2,(H,8,9,10). The Kier molecular flexibility index (Phi) is 3.65. The third-order valence-electron chi connectivity index (χ3n) is 1.35. The first-order valence-corrected chi connectivity index (χ1v) is 3.67. The van der Waals surface area contributed by atoms with Gasteiger partial charge < -0.3 is 20.5 Å². The van der Waals surface area contributed by atoms with E-state index >= 15 is 0 Å². The van der Waals surface area contributed by atoms with Crippen LogP contribution in [0.15, 0.2) is 6.33 Å². The van der Waals surface area contributed by atoms with E-state index in [4.69, 9.17) is 10.2 Å². The van der Waals surface area contributed by atoms with Crippen LogP contribution in [-0.2, 0) is 6.54 Å². The monoisotopic (exact) mass is 172 g/mol. The maximum atomic E-state index is 8.93. The van der Waals surface area contributed by atoms with Gasteiger partial charge in [0.2, 0.25) is 0 Å². The van der Waals surface area contributed by atoms with Crippen LogP contribution in [-0.4, -0.2) is 44.7 Å². The van der Waals surface area contributed by atoms with Crippen molar-refractivity contribution in [2.75, 3.05) is 13.2 Å². The van der Waals surface area contributed by atoms with Crippen LogP contribution in [0.25, 0.3) is 0 Å². The summed E-state index contributed by atoms with van der Waals surface area (Å²) < 4.78 is 0. The minimum absolute atomic E-state index is 0.233. The second-order valence-corrected chi connectivity index (χ2v) is 2.40. The molecule has 0 aliphatic carbocycles. The molecule has 6 nitrogen and oxygen atoms in total. The number of hydrogen-bond donors (Lipinski definition) is 4. The van der Waals surface area contributed by atoms with E-state index in [1.165, 1.54) is 6.33 Å². The van der Waals surface area contributed by atoms with E-state index in [-0.39, 0.29) is 6.61 Å². The number of nitrogens with one attached hydrogen (secondary N) is 2. The summed E-state index contributed by atoms with van der Waals surface area (Å²) in [5.74, 6) is 0.708. The average Bonchev–Trinajstić information content (AvgIpc) is 2.57. The highest BCUT2D eigenvalue weighted by molar-refractivity contribution is 4.78. The Morgan fingerprint density at radius 2 is 2.50 bits per heavy atom. The van der Waals surface area contributed by atoms with Gasteiger partial charge in [-0.25, -0.2) is 0 Å². The topological polar surface area (TPSA) is 94.1 Å². The van der Waals surface area contributed by atoms with Crippen molar-refractivity contribution in [3.8, 4) is 0 Å². The fourth-order valence-corrected chi connectivity index (χ4v) is 0.739. The fourth-order valence-electron chi connectivity index (χ4n) is 0.739. The van der Waals surface area contributed by atoms with Crippen molar-refractivity contribution in [3.05, 3.63) is 12.2 Å². The smallest absolute Gasteiger partial charge is 0.144 e. The van der Waals surface area contributed by atoms with E-state index in [1.54, 1.807) is 0 Å². The van der Waals surface area contributed by atoms with Crippen LogP contribution in [0.3, 0.4) is 0 Å². The summed E-state index contributed by atoms with van der Waals surface area (Å²) in [5, 5.41) is 27.6. The SMILES string of the molecule is OCC(O)CNCc1nnc[nH]1. The van der Waals surface area contributed by atoms with Crippen molar-refractivity contribution in [2.24, 2.45) is 0 Å². The average molecular weight is 172 g/mol. The number of aromatic amines is 1. The number of nitrogens with zero attached hydrogens (tertiary/aromatic N) is 2. The minimum Gasteiger partial charge on any atom is -0.394 e. The van der Waals surface area contributed by atoms with Gasteiger partial charge in [-0.2, -0.15) is 0 Å². The van der Waals surface area contributed by atoms with E-state index in [1.807, 2.05) is 0 Å². The summed E-state index contributed by atoms with van der Waals surface area (Å²) in [6, 6.07) is 0. The van der Waals surface area contributed by atoms with Crippen LogP contribution in [0.4, 0.5) is 0 Å². The number of aliphatic hydroxyl groups excluding tert-OH is 2. The van der Waals surface area contributed by atoms with Gasteiger partial charge in [-0.05, 0) is 0 Å². The number of H-pyrrole nitrogens is 1. The predicted molar refractivity (Wildman–Crippen MR) is 41.2 cm³/mol. The highest BCUT2D eigenvalue weighted by Gasteiger charge is 2.01. The van der Waals surface area contributed by atoms with Gasteiger partial charge in [-0.15, -0.1) is 10.2 Å². The van der Waals surface area contributed by atoms with E-state index in [9.17, 15) is 0 Å². The maximum Gasteiger partial charge on any atom is 0.144 e. The number of aromatic nitrogens is 3. The molecule has 0 aliphatic rings. The summed E-state index contributed by atoms with van der Waals surface area (Å²) in [6.45, 7) is 0.623. The van der Waals surface area contributed by atoms with Crippen LogP contribution in [0.5, 0.6) is 0 Å². The Balaban J connectivity index is 2.11. The third-order valence-corrected chi connectivity index (χ3v) is 1.35. The Labute approximate surface area is 69.6 Å². The number of rotatable bonds is 5. The lowest BCUT2D eigenvalue weighted by Crippen LogP contribution is -2.29. The van der Waals surface area contributed by atoms with Gasteiger partial charge in [-0.3, -0.25) is 0 Å². The molecule has 1 heterocycles. The van der Waals surface area contributed by atoms with Gasteiger partial charge in [0.25, 0.3) is 0 Å². The van der Waals surface area contributed by atoms with E-state index in [2.05, 4.69) is 20.5 Å². The Hall–Kier alpha value is -0.980. The molecule has 68 valence electrons. The van der Waals surface area contributed by atoms with Gasteiger partial charge >= 0.3 is 0 Å². The summed E-state index contributed by atoms with van der Waals surface area (Å²) in [4.78, 5) is 2.80. The second-order valence-electron chi connectivity index (χ2n) is 2.40. The van der Waals surface area contributed by atoms with Gasteiger partial charge in [-0.1, -0.05) is 0 Å². The summed E-state index contributed by atoms with van der Waals surface area (Å²) in [7, 11) is 0. The van der Waals surface area contributed by atoms with E-state index in [0.29, 0.717) is 18.9 Å². The van der Waals surface area contributed by atoms with Gasteiger partial charge in [0.05, 0.1) is 19.3 Å². The first-order valence-electron chi connectivity index (χ1n) is 3.67. The molecule has 1 aromatic rings. The number of hydrogen-bond acceptors (Lipinski definition) is 5. The van der Waals surface area contributed by atoms with Crippen molar-refractivity contribution in [3.63, 3.8) is 0 Å². The predicted octanol–water partition coefficient (Wildman–Crippen LogP) is -1.75. The second kappa shape index (κ2) is 4.81. The third kappa shape index (κ3) is 2.95. The molecule has 1 aromatic heterocycles. The van der Waals surface area contributed by atoms with Crippen molar-refractivity contribution in [2.45, 2.75) is 12.6 Å².